The molecule has 0 amide bonds. The Labute approximate surface area is 103 Å². The van der Waals surface area contributed by atoms with Gasteiger partial charge in [0.25, 0.3) is 0 Å². The number of hydrogen-bond acceptors (Lipinski definition) is 3. The first kappa shape index (κ1) is 11.0. The van der Waals surface area contributed by atoms with Crippen molar-refractivity contribution >= 4 is 5.82 Å². The summed E-state index contributed by atoms with van der Waals surface area (Å²) in [6.07, 6.45) is 8.50. The highest BCUT2D eigenvalue weighted by molar-refractivity contribution is 5.38. The monoisotopic (exact) mass is 231 g/mol. The highest BCUT2D eigenvalue weighted by Gasteiger charge is 2.54. The van der Waals surface area contributed by atoms with Crippen LogP contribution in [0.25, 0.3) is 0 Å². The summed E-state index contributed by atoms with van der Waals surface area (Å²) < 4.78 is 0. The second kappa shape index (κ2) is 4.30. The first-order chi connectivity index (χ1) is 8.32. The number of nitrogens with one attached hydrogen (secondary N) is 1. The van der Waals surface area contributed by atoms with Crippen molar-refractivity contribution in [2.75, 3.05) is 11.9 Å². The fourth-order valence-corrected chi connectivity index (χ4v) is 3.22. The summed E-state index contributed by atoms with van der Waals surface area (Å²) in [4.78, 5) is 4.34. The zero-order valence-electron chi connectivity index (χ0n) is 10.2. The topological polar surface area (TPSA) is 50.9 Å². The van der Waals surface area contributed by atoms with Crippen LogP contribution in [0.5, 0.6) is 0 Å². The second-order valence-corrected chi connectivity index (χ2v) is 5.66. The molecule has 1 aromatic heterocycles. The van der Waals surface area contributed by atoms with Gasteiger partial charge in [-0.05, 0) is 62.1 Å². The molecule has 3 N–H and O–H groups in total. The van der Waals surface area contributed by atoms with E-state index in [9.17, 15) is 0 Å². The molecule has 3 nitrogen and oxygen atoms in total. The molecule has 0 aliphatic heterocycles. The molecule has 1 aromatic rings. The van der Waals surface area contributed by atoms with Crippen molar-refractivity contribution < 1.29 is 0 Å². The van der Waals surface area contributed by atoms with Crippen LogP contribution in [-0.2, 0) is 0 Å². The highest BCUT2D eigenvalue weighted by Crippen LogP contribution is 2.58. The maximum atomic E-state index is 5.74. The lowest BCUT2D eigenvalue weighted by Crippen LogP contribution is -2.25. The third kappa shape index (κ3) is 2.16. The van der Waals surface area contributed by atoms with Crippen LogP contribution in [0.1, 0.15) is 32.1 Å². The molecule has 1 spiro atoms. The van der Waals surface area contributed by atoms with Crippen molar-refractivity contribution in [2.45, 2.75) is 38.1 Å². The molecule has 17 heavy (non-hydrogen) atoms. The zero-order chi connectivity index (χ0) is 11.7. The van der Waals surface area contributed by atoms with E-state index in [0.29, 0.717) is 11.5 Å². The van der Waals surface area contributed by atoms with Crippen molar-refractivity contribution in [1.82, 2.24) is 4.98 Å². The lowest BCUT2D eigenvalue weighted by Gasteiger charge is -2.28. The molecular weight excluding hydrogens is 210 g/mol. The van der Waals surface area contributed by atoms with Crippen molar-refractivity contribution in [1.29, 1.82) is 0 Å². The third-order valence-corrected chi connectivity index (χ3v) is 4.61. The lowest BCUT2D eigenvalue weighted by molar-refractivity contribution is 0.258. The predicted molar refractivity (Wildman–Crippen MR) is 69.7 cm³/mol. The van der Waals surface area contributed by atoms with Crippen LogP contribution in [0.2, 0.25) is 0 Å². The summed E-state index contributed by atoms with van der Waals surface area (Å²) in [6.45, 7) is 0.869. The SMILES string of the molecule is NCC1CCC2(CC1)CC2Nc1ccccn1. The predicted octanol–water partition coefficient (Wildman–Crippen LogP) is 2.40. The molecule has 1 unspecified atom stereocenters. The first-order valence-corrected chi connectivity index (χ1v) is 6.70. The Morgan fingerprint density at radius 3 is 2.82 bits per heavy atom. The van der Waals surface area contributed by atoms with Gasteiger partial charge in [0.05, 0.1) is 0 Å². The Morgan fingerprint density at radius 2 is 2.18 bits per heavy atom. The van der Waals surface area contributed by atoms with Gasteiger partial charge in [0.1, 0.15) is 5.82 Å². The van der Waals surface area contributed by atoms with E-state index in [0.717, 1.165) is 18.3 Å². The molecule has 1 atom stereocenters. The second-order valence-electron chi connectivity index (χ2n) is 5.66. The molecule has 2 saturated carbocycles. The number of aromatic nitrogens is 1. The fraction of sp³-hybridized carbons (Fsp3) is 0.643. The van der Waals surface area contributed by atoms with Crippen LogP contribution in [0.3, 0.4) is 0 Å². The van der Waals surface area contributed by atoms with Crippen molar-refractivity contribution in [2.24, 2.45) is 17.1 Å². The minimum Gasteiger partial charge on any atom is -0.367 e. The minimum atomic E-state index is 0.573. The van der Waals surface area contributed by atoms with Gasteiger partial charge in [0.15, 0.2) is 0 Å². The molecule has 0 bridgehead atoms. The summed E-state index contributed by atoms with van der Waals surface area (Å²) in [5.41, 5.74) is 6.32. The van der Waals surface area contributed by atoms with Crippen LogP contribution < -0.4 is 11.1 Å². The zero-order valence-corrected chi connectivity index (χ0v) is 10.2. The molecule has 3 heteroatoms. The van der Waals surface area contributed by atoms with E-state index in [1.54, 1.807) is 0 Å². The number of rotatable bonds is 3. The maximum absolute atomic E-state index is 5.74. The van der Waals surface area contributed by atoms with Gasteiger partial charge in [-0.25, -0.2) is 4.98 Å². The van der Waals surface area contributed by atoms with Crippen molar-refractivity contribution in [3.8, 4) is 0 Å². The summed E-state index contributed by atoms with van der Waals surface area (Å²) in [7, 11) is 0. The summed E-state index contributed by atoms with van der Waals surface area (Å²) in [5, 5.41) is 3.57. The van der Waals surface area contributed by atoms with Gasteiger partial charge in [0, 0.05) is 12.2 Å². The maximum Gasteiger partial charge on any atom is 0.126 e. The normalized spacial score (nSPS) is 35.8. The molecule has 3 rings (SSSR count). The molecule has 2 aliphatic rings. The highest BCUT2D eigenvalue weighted by atomic mass is 15.1. The van der Waals surface area contributed by atoms with Gasteiger partial charge < -0.3 is 11.1 Å². The van der Waals surface area contributed by atoms with Gasteiger partial charge in [-0.1, -0.05) is 6.07 Å². The Balaban J connectivity index is 1.56. The Hall–Kier alpha value is -1.09. The third-order valence-electron chi connectivity index (χ3n) is 4.61. The Bertz CT molecular complexity index is 368. The van der Waals surface area contributed by atoms with Gasteiger partial charge >= 0.3 is 0 Å². The van der Waals surface area contributed by atoms with Crippen LogP contribution in [0.4, 0.5) is 5.82 Å². The van der Waals surface area contributed by atoms with Gasteiger partial charge in [-0.15, -0.1) is 0 Å². The quantitative estimate of drug-likeness (QED) is 0.840. The standard InChI is InChI=1S/C14H21N3/c15-10-11-4-6-14(7-5-11)9-12(14)17-13-3-1-2-8-16-13/h1-3,8,11-12H,4-7,9-10,15H2,(H,16,17). The summed E-state index contributed by atoms with van der Waals surface area (Å²) >= 11 is 0. The largest absolute Gasteiger partial charge is 0.367 e. The molecule has 0 saturated heterocycles. The smallest absolute Gasteiger partial charge is 0.126 e. The number of nitrogens with two attached hydrogens (primary N) is 1. The fourth-order valence-electron chi connectivity index (χ4n) is 3.22. The van der Waals surface area contributed by atoms with Crippen LogP contribution in [-0.4, -0.2) is 17.6 Å². The first-order valence-electron chi connectivity index (χ1n) is 6.70. The van der Waals surface area contributed by atoms with E-state index in [-0.39, 0.29) is 0 Å². The van der Waals surface area contributed by atoms with Crippen LogP contribution in [0, 0.1) is 11.3 Å². The van der Waals surface area contributed by atoms with Gasteiger partial charge in [0.2, 0.25) is 0 Å². The molecule has 0 radical (unpaired) electrons. The lowest BCUT2D eigenvalue weighted by atomic mass is 9.79. The van der Waals surface area contributed by atoms with Gasteiger partial charge in [-0.2, -0.15) is 0 Å². The van der Waals surface area contributed by atoms with E-state index in [1.165, 1.54) is 32.1 Å². The number of anilines is 1. The van der Waals surface area contributed by atoms with Crippen molar-refractivity contribution in [3.63, 3.8) is 0 Å². The molecular formula is C14H21N3. The van der Waals surface area contributed by atoms with Crippen molar-refractivity contribution in [3.05, 3.63) is 24.4 Å². The number of pyridine rings is 1. The van der Waals surface area contributed by atoms with E-state index < -0.39 is 0 Å². The summed E-state index contributed by atoms with van der Waals surface area (Å²) in [5.74, 6) is 1.80. The number of nitrogens with zero attached hydrogens (tertiary/aromatic N) is 1. The van der Waals surface area contributed by atoms with Crippen LogP contribution >= 0.6 is 0 Å². The summed E-state index contributed by atoms with van der Waals surface area (Å²) in [6, 6.07) is 6.70. The van der Waals surface area contributed by atoms with E-state index in [1.807, 2.05) is 18.3 Å². The Morgan fingerprint density at radius 1 is 1.35 bits per heavy atom. The molecule has 1 heterocycles. The molecule has 2 aliphatic carbocycles. The van der Waals surface area contributed by atoms with E-state index in [2.05, 4.69) is 16.4 Å². The average Bonchev–Trinajstić information content (AvgIpc) is 3.04. The van der Waals surface area contributed by atoms with E-state index >= 15 is 0 Å². The van der Waals surface area contributed by atoms with Crippen LogP contribution in [0.15, 0.2) is 24.4 Å². The molecule has 0 aromatic carbocycles. The van der Waals surface area contributed by atoms with Gasteiger partial charge in [-0.3, -0.25) is 0 Å². The minimum absolute atomic E-state index is 0.573. The number of hydrogen-bond donors (Lipinski definition) is 2. The van der Waals surface area contributed by atoms with E-state index in [4.69, 9.17) is 5.73 Å². The molecule has 92 valence electrons. The molecule has 2 fully saturated rings. The Kier molecular flexibility index (Phi) is 2.79. The average molecular weight is 231 g/mol.